The second-order valence-electron chi connectivity index (χ2n) is 7.76. The van der Waals surface area contributed by atoms with Crippen LogP contribution in [0.4, 0.5) is 0 Å². The van der Waals surface area contributed by atoms with E-state index in [9.17, 15) is 0 Å². The van der Waals surface area contributed by atoms with Crippen LogP contribution in [0.1, 0.15) is 30.3 Å². The van der Waals surface area contributed by atoms with Gasteiger partial charge in [0.2, 0.25) is 0 Å². The summed E-state index contributed by atoms with van der Waals surface area (Å²) >= 11 is 0. The van der Waals surface area contributed by atoms with Crippen molar-refractivity contribution in [2.75, 3.05) is 26.7 Å². The topological polar surface area (TPSA) is 70.4 Å². The van der Waals surface area contributed by atoms with E-state index in [0.717, 1.165) is 63.9 Å². The van der Waals surface area contributed by atoms with E-state index in [2.05, 4.69) is 103 Å². The summed E-state index contributed by atoms with van der Waals surface area (Å²) < 4.78 is 2.07. The molecule has 0 fully saturated rings. The summed E-state index contributed by atoms with van der Waals surface area (Å²) in [5.74, 6) is 1.83. The highest BCUT2D eigenvalue weighted by molar-refractivity contribution is 5.79. The van der Waals surface area contributed by atoms with Crippen LogP contribution in [0.3, 0.4) is 0 Å². The Balaban J connectivity index is 1.43. The third kappa shape index (κ3) is 7.81. The van der Waals surface area contributed by atoms with E-state index in [-0.39, 0.29) is 0 Å². The van der Waals surface area contributed by atoms with Gasteiger partial charge in [0.1, 0.15) is 12.2 Å². The molecule has 0 spiro atoms. The highest BCUT2D eigenvalue weighted by Gasteiger charge is 2.08. The summed E-state index contributed by atoms with van der Waals surface area (Å²) in [5, 5.41) is 14.9. The van der Waals surface area contributed by atoms with Crippen molar-refractivity contribution in [3.05, 3.63) is 83.9 Å². The third-order valence-electron chi connectivity index (χ3n) is 5.32. The molecule has 7 heteroatoms. The van der Waals surface area contributed by atoms with E-state index in [4.69, 9.17) is 0 Å². The zero-order chi connectivity index (χ0) is 22.4. The van der Waals surface area contributed by atoms with Crippen molar-refractivity contribution in [2.45, 2.75) is 39.4 Å². The zero-order valence-corrected chi connectivity index (χ0v) is 19.2. The normalized spacial score (nSPS) is 11.7. The molecule has 0 unspecified atom stereocenters. The Labute approximate surface area is 191 Å². The summed E-state index contributed by atoms with van der Waals surface area (Å²) in [7, 11) is 1.81. The van der Waals surface area contributed by atoms with Crippen molar-refractivity contribution in [3.63, 3.8) is 0 Å². The van der Waals surface area contributed by atoms with Crippen LogP contribution in [0.25, 0.3) is 0 Å². The van der Waals surface area contributed by atoms with Crippen LogP contribution in [0.5, 0.6) is 0 Å². The van der Waals surface area contributed by atoms with Crippen molar-refractivity contribution in [2.24, 2.45) is 4.99 Å². The lowest BCUT2D eigenvalue weighted by Gasteiger charge is -2.23. The van der Waals surface area contributed by atoms with Gasteiger partial charge in [-0.25, -0.2) is 0 Å². The van der Waals surface area contributed by atoms with Gasteiger partial charge in [-0.1, -0.05) is 67.6 Å². The average Bonchev–Trinajstić information content (AvgIpc) is 3.29. The van der Waals surface area contributed by atoms with Crippen LogP contribution in [-0.2, 0) is 26.1 Å². The maximum atomic E-state index is 4.34. The Morgan fingerprint density at radius 3 is 2.16 bits per heavy atom. The number of hydrogen-bond acceptors (Lipinski definition) is 4. The van der Waals surface area contributed by atoms with Crippen LogP contribution in [0, 0.1) is 0 Å². The Hall–Kier alpha value is -3.19. The van der Waals surface area contributed by atoms with E-state index in [1.807, 2.05) is 7.05 Å². The second-order valence-corrected chi connectivity index (χ2v) is 7.76. The molecule has 0 atom stereocenters. The first kappa shape index (κ1) is 23.5. The molecule has 2 aromatic carbocycles. The SMILES string of the molecule is CCc1nncn1CCNC(=NC)NCCCN(Cc1ccccc1)Cc1ccccc1. The van der Waals surface area contributed by atoms with E-state index in [1.165, 1.54) is 11.1 Å². The minimum Gasteiger partial charge on any atom is -0.356 e. The highest BCUT2D eigenvalue weighted by Crippen LogP contribution is 2.10. The predicted octanol–water partition coefficient (Wildman–Crippen LogP) is 3.10. The Morgan fingerprint density at radius 2 is 1.56 bits per heavy atom. The lowest BCUT2D eigenvalue weighted by Crippen LogP contribution is -2.40. The van der Waals surface area contributed by atoms with Gasteiger partial charge in [-0.05, 0) is 17.5 Å². The van der Waals surface area contributed by atoms with Crippen molar-refractivity contribution in [1.29, 1.82) is 0 Å². The van der Waals surface area contributed by atoms with Gasteiger partial charge in [-0.3, -0.25) is 9.89 Å². The molecule has 0 bridgehead atoms. The molecule has 170 valence electrons. The second kappa shape index (κ2) is 13.3. The molecule has 3 aromatic rings. The third-order valence-corrected chi connectivity index (χ3v) is 5.32. The minimum absolute atomic E-state index is 0.777. The van der Waals surface area contributed by atoms with Crippen molar-refractivity contribution >= 4 is 5.96 Å². The van der Waals surface area contributed by atoms with Gasteiger partial charge in [0.25, 0.3) is 0 Å². The van der Waals surface area contributed by atoms with Gasteiger partial charge in [-0.2, -0.15) is 0 Å². The molecule has 0 aliphatic heterocycles. The number of nitrogens with zero attached hydrogens (tertiary/aromatic N) is 5. The number of aliphatic imine (C=N–C) groups is 1. The van der Waals surface area contributed by atoms with Gasteiger partial charge in [-0.15, -0.1) is 10.2 Å². The Morgan fingerprint density at radius 1 is 0.938 bits per heavy atom. The molecular formula is C25H35N7. The Bertz CT molecular complexity index is 880. The average molecular weight is 434 g/mol. The Kier molecular flexibility index (Phi) is 9.73. The summed E-state index contributed by atoms with van der Waals surface area (Å²) in [6.07, 6.45) is 3.70. The summed E-state index contributed by atoms with van der Waals surface area (Å²) in [6.45, 7) is 7.45. The lowest BCUT2D eigenvalue weighted by atomic mass is 10.1. The molecule has 0 saturated carbocycles. The minimum atomic E-state index is 0.777. The van der Waals surface area contributed by atoms with Crippen molar-refractivity contribution in [1.82, 2.24) is 30.3 Å². The summed E-state index contributed by atoms with van der Waals surface area (Å²) in [5.41, 5.74) is 2.68. The monoisotopic (exact) mass is 433 g/mol. The number of rotatable bonds is 12. The maximum Gasteiger partial charge on any atom is 0.191 e. The molecule has 3 rings (SSSR count). The van der Waals surface area contributed by atoms with Gasteiger partial charge in [0.05, 0.1) is 0 Å². The molecular weight excluding hydrogens is 398 g/mol. The number of aromatic nitrogens is 3. The number of hydrogen-bond donors (Lipinski definition) is 2. The first-order chi connectivity index (χ1) is 15.8. The van der Waals surface area contributed by atoms with Crippen LogP contribution >= 0.6 is 0 Å². The van der Waals surface area contributed by atoms with Crippen LogP contribution in [-0.4, -0.2) is 52.3 Å². The predicted molar refractivity (Wildman–Crippen MR) is 130 cm³/mol. The van der Waals surface area contributed by atoms with Gasteiger partial charge >= 0.3 is 0 Å². The molecule has 1 heterocycles. The van der Waals surface area contributed by atoms with Crippen LogP contribution in [0.15, 0.2) is 72.0 Å². The molecule has 1 aromatic heterocycles. The van der Waals surface area contributed by atoms with Gasteiger partial charge in [0.15, 0.2) is 5.96 Å². The van der Waals surface area contributed by atoms with Crippen LogP contribution in [0.2, 0.25) is 0 Å². The molecule has 0 aliphatic carbocycles. The fraction of sp³-hybridized carbons (Fsp3) is 0.400. The molecule has 0 saturated heterocycles. The fourth-order valence-electron chi connectivity index (χ4n) is 3.66. The molecule has 7 nitrogen and oxygen atoms in total. The van der Waals surface area contributed by atoms with Gasteiger partial charge in [0, 0.05) is 52.7 Å². The first-order valence-electron chi connectivity index (χ1n) is 11.4. The zero-order valence-electron chi connectivity index (χ0n) is 19.2. The van der Waals surface area contributed by atoms with Crippen molar-refractivity contribution < 1.29 is 0 Å². The highest BCUT2D eigenvalue weighted by atomic mass is 15.3. The number of nitrogens with one attached hydrogen (secondary N) is 2. The van der Waals surface area contributed by atoms with E-state index < -0.39 is 0 Å². The molecule has 2 N–H and O–H groups in total. The number of benzene rings is 2. The molecule has 0 aliphatic rings. The number of aryl methyl sites for hydroxylation is 1. The van der Waals surface area contributed by atoms with E-state index in [0.29, 0.717) is 0 Å². The quantitative estimate of drug-likeness (QED) is 0.261. The summed E-state index contributed by atoms with van der Waals surface area (Å²) in [6, 6.07) is 21.4. The van der Waals surface area contributed by atoms with E-state index in [1.54, 1.807) is 6.33 Å². The molecule has 0 radical (unpaired) electrons. The summed E-state index contributed by atoms with van der Waals surface area (Å²) in [4.78, 5) is 6.84. The molecule has 32 heavy (non-hydrogen) atoms. The number of guanidine groups is 1. The van der Waals surface area contributed by atoms with Crippen molar-refractivity contribution in [3.8, 4) is 0 Å². The largest absolute Gasteiger partial charge is 0.356 e. The smallest absolute Gasteiger partial charge is 0.191 e. The standard InChI is InChI=1S/C25H35N7/c1-3-24-30-29-21-32(24)18-16-28-25(26-2)27-15-10-17-31(19-22-11-6-4-7-12-22)20-23-13-8-5-9-14-23/h4-9,11-14,21H,3,10,15-20H2,1-2H3,(H2,26,27,28). The van der Waals surface area contributed by atoms with E-state index >= 15 is 0 Å². The maximum absolute atomic E-state index is 4.34. The van der Waals surface area contributed by atoms with Crippen LogP contribution < -0.4 is 10.6 Å². The first-order valence-corrected chi connectivity index (χ1v) is 11.4. The fourth-order valence-corrected chi connectivity index (χ4v) is 3.66. The van der Waals surface area contributed by atoms with Gasteiger partial charge < -0.3 is 15.2 Å². The molecule has 0 amide bonds. The lowest BCUT2D eigenvalue weighted by molar-refractivity contribution is 0.254.